The molecule has 19 heavy (non-hydrogen) atoms. The second kappa shape index (κ2) is 6.04. The summed E-state index contributed by atoms with van der Waals surface area (Å²) in [7, 11) is 0. The lowest BCUT2D eigenvalue weighted by Crippen LogP contribution is -2.27. The van der Waals surface area contributed by atoms with Crippen molar-refractivity contribution in [2.24, 2.45) is 5.73 Å². The number of benzene rings is 1. The van der Waals surface area contributed by atoms with Crippen molar-refractivity contribution >= 4 is 11.6 Å². The normalized spacial score (nSPS) is 12.1. The van der Waals surface area contributed by atoms with E-state index >= 15 is 0 Å². The molecular weight excluding hydrogens is 240 g/mol. The van der Waals surface area contributed by atoms with Crippen LogP contribution < -0.4 is 11.1 Å². The van der Waals surface area contributed by atoms with Gasteiger partial charge in [0, 0.05) is 12.7 Å². The van der Waals surface area contributed by atoms with Gasteiger partial charge < -0.3 is 11.1 Å². The second-order valence-electron chi connectivity index (χ2n) is 4.38. The van der Waals surface area contributed by atoms with Crippen LogP contribution in [0, 0.1) is 0 Å². The number of carbonyl (C=O) groups excluding carboxylic acids is 1. The minimum absolute atomic E-state index is 0.408. The Bertz CT molecular complexity index is 535. The van der Waals surface area contributed by atoms with E-state index in [1.807, 2.05) is 41.2 Å². The Labute approximate surface area is 112 Å². The number of amides is 1. The van der Waals surface area contributed by atoms with Crippen molar-refractivity contribution in [3.63, 3.8) is 0 Å². The molecule has 0 radical (unpaired) electrons. The monoisotopic (exact) mass is 258 g/mol. The predicted octanol–water partition coefficient (Wildman–Crippen LogP) is 1.93. The zero-order valence-corrected chi connectivity index (χ0v) is 10.9. The van der Waals surface area contributed by atoms with E-state index in [0.29, 0.717) is 0 Å². The summed E-state index contributed by atoms with van der Waals surface area (Å²) in [4.78, 5) is 11.6. The van der Waals surface area contributed by atoms with E-state index in [1.165, 1.54) is 0 Å². The lowest BCUT2D eigenvalue weighted by molar-refractivity contribution is -0.118. The van der Waals surface area contributed by atoms with Crippen molar-refractivity contribution in [3.05, 3.63) is 48.3 Å². The molecule has 0 saturated carbocycles. The van der Waals surface area contributed by atoms with Crippen molar-refractivity contribution < 1.29 is 4.79 Å². The highest BCUT2D eigenvalue weighted by Crippen LogP contribution is 2.18. The molecule has 0 fully saturated rings. The third kappa shape index (κ3) is 3.34. The van der Waals surface area contributed by atoms with Gasteiger partial charge in [0.25, 0.3) is 0 Å². The molecule has 0 unspecified atom stereocenters. The van der Waals surface area contributed by atoms with Crippen LogP contribution >= 0.6 is 0 Å². The van der Waals surface area contributed by atoms with Gasteiger partial charge in [0.2, 0.25) is 5.91 Å². The quantitative estimate of drug-likeness (QED) is 0.831. The van der Waals surface area contributed by atoms with E-state index < -0.39 is 11.9 Å². The van der Waals surface area contributed by atoms with Crippen LogP contribution in [-0.2, 0) is 11.3 Å². The van der Waals surface area contributed by atoms with Crippen molar-refractivity contribution in [2.45, 2.75) is 25.9 Å². The highest BCUT2D eigenvalue weighted by Gasteiger charge is 2.17. The van der Waals surface area contributed by atoms with E-state index in [9.17, 15) is 4.79 Å². The first-order valence-corrected chi connectivity index (χ1v) is 6.34. The van der Waals surface area contributed by atoms with E-state index in [1.54, 1.807) is 6.20 Å². The number of nitrogens with one attached hydrogen (secondary N) is 1. The fourth-order valence-corrected chi connectivity index (χ4v) is 1.92. The summed E-state index contributed by atoms with van der Waals surface area (Å²) < 4.78 is 1.84. The van der Waals surface area contributed by atoms with Crippen LogP contribution in [0.2, 0.25) is 0 Å². The molecular formula is C14H18N4O. The maximum Gasteiger partial charge on any atom is 0.244 e. The number of aryl methyl sites for hydroxylation is 1. The number of rotatable bonds is 6. The van der Waals surface area contributed by atoms with Crippen molar-refractivity contribution in [2.75, 3.05) is 5.32 Å². The number of nitrogens with zero attached hydrogens (tertiary/aromatic N) is 2. The van der Waals surface area contributed by atoms with Gasteiger partial charge in [0.15, 0.2) is 0 Å². The highest BCUT2D eigenvalue weighted by molar-refractivity contribution is 5.84. The summed E-state index contributed by atoms with van der Waals surface area (Å²) in [5.41, 5.74) is 7.09. The third-order valence-electron chi connectivity index (χ3n) is 2.81. The van der Waals surface area contributed by atoms with Crippen molar-refractivity contribution in [1.29, 1.82) is 0 Å². The zero-order valence-electron chi connectivity index (χ0n) is 10.9. The standard InChI is InChI=1S/C14H18N4O/c1-2-8-18-10-12(9-16-18)17-13(14(15)19)11-6-4-3-5-7-11/h3-7,9-10,13,17H,2,8H2,1H3,(H2,15,19)/t13-/m0/s1. The molecule has 5 nitrogen and oxygen atoms in total. The summed E-state index contributed by atoms with van der Waals surface area (Å²) in [5, 5.41) is 7.33. The Morgan fingerprint density at radius 3 is 2.79 bits per heavy atom. The van der Waals surface area contributed by atoms with Gasteiger partial charge in [-0.3, -0.25) is 9.48 Å². The first kappa shape index (κ1) is 13.1. The van der Waals surface area contributed by atoms with E-state index in [0.717, 1.165) is 24.2 Å². The lowest BCUT2D eigenvalue weighted by Gasteiger charge is -2.15. The number of aromatic nitrogens is 2. The van der Waals surface area contributed by atoms with Gasteiger partial charge in [-0.2, -0.15) is 5.10 Å². The Morgan fingerprint density at radius 1 is 1.42 bits per heavy atom. The minimum atomic E-state index is -0.541. The smallest absolute Gasteiger partial charge is 0.244 e. The summed E-state index contributed by atoms with van der Waals surface area (Å²) in [6.07, 6.45) is 4.59. The number of hydrogen-bond acceptors (Lipinski definition) is 3. The van der Waals surface area contributed by atoms with Crippen LogP contribution in [0.3, 0.4) is 0 Å². The number of nitrogens with two attached hydrogens (primary N) is 1. The zero-order chi connectivity index (χ0) is 13.7. The molecule has 0 spiro atoms. The summed E-state index contributed by atoms with van der Waals surface area (Å²) in [5.74, 6) is -0.408. The summed E-state index contributed by atoms with van der Waals surface area (Å²) in [6.45, 7) is 2.94. The van der Waals surface area contributed by atoms with Gasteiger partial charge in [-0.25, -0.2) is 0 Å². The average molecular weight is 258 g/mol. The molecule has 2 aromatic rings. The summed E-state index contributed by atoms with van der Waals surface area (Å²) in [6, 6.07) is 8.87. The molecule has 100 valence electrons. The fourth-order valence-electron chi connectivity index (χ4n) is 1.92. The van der Waals surface area contributed by atoms with Crippen LogP contribution in [0.25, 0.3) is 0 Å². The number of primary amides is 1. The number of carbonyl (C=O) groups is 1. The third-order valence-corrected chi connectivity index (χ3v) is 2.81. The largest absolute Gasteiger partial charge is 0.368 e. The first-order chi connectivity index (χ1) is 9.20. The van der Waals surface area contributed by atoms with Crippen LogP contribution in [0.5, 0.6) is 0 Å². The lowest BCUT2D eigenvalue weighted by atomic mass is 10.1. The predicted molar refractivity (Wildman–Crippen MR) is 74.5 cm³/mol. The molecule has 1 amide bonds. The second-order valence-corrected chi connectivity index (χ2v) is 4.38. The van der Waals surface area contributed by atoms with Gasteiger partial charge >= 0.3 is 0 Å². The topological polar surface area (TPSA) is 72.9 Å². The Balaban J connectivity index is 2.15. The van der Waals surface area contributed by atoms with E-state index in [2.05, 4.69) is 17.3 Å². The molecule has 1 heterocycles. The van der Waals surface area contributed by atoms with Crippen molar-refractivity contribution in [1.82, 2.24) is 9.78 Å². The summed E-state index contributed by atoms with van der Waals surface area (Å²) >= 11 is 0. The van der Waals surface area contributed by atoms with E-state index in [-0.39, 0.29) is 0 Å². The molecule has 3 N–H and O–H groups in total. The molecule has 0 aliphatic rings. The average Bonchev–Trinajstić information content (AvgIpc) is 2.85. The molecule has 0 aliphatic carbocycles. The fraction of sp³-hybridized carbons (Fsp3) is 0.286. The SMILES string of the molecule is CCCn1cc(N[C@H](C(N)=O)c2ccccc2)cn1. The molecule has 1 aromatic heterocycles. The maximum atomic E-state index is 11.6. The molecule has 0 aliphatic heterocycles. The van der Waals surface area contributed by atoms with Crippen LogP contribution in [0.1, 0.15) is 24.9 Å². The molecule has 5 heteroatoms. The highest BCUT2D eigenvalue weighted by atomic mass is 16.1. The van der Waals surface area contributed by atoms with Gasteiger partial charge in [0.1, 0.15) is 6.04 Å². The van der Waals surface area contributed by atoms with Crippen molar-refractivity contribution in [3.8, 4) is 0 Å². The van der Waals surface area contributed by atoms with Gasteiger partial charge in [-0.1, -0.05) is 37.3 Å². The number of anilines is 1. The van der Waals surface area contributed by atoms with Crippen LogP contribution in [-0.4, -0.2) is 15.7 Å². The van der Waals surface area contributed by atoms with Gasteiger partial charge in [0.05, 0.1) is 11.9 Å². The van der Waals surface area contributed by atoms with E-state index in [4.69, 9.17) is 5.73 Å². The maximum absolute atomic E-state index is 11.6. The molecule has 0 saturated heterocycles. The molecule has 1 aromatic carbocycles. The van der Waals surface area contributed by atoms with Crippen LogP contribution in [0.4, 0.5) is 5.69 Å². The molecule has 0 bridgehead atoms. The Morgan fingerprint density at radius 2 is 2.16 bits per heavy atom. The molecule has 1 atom stereocenters. The van der Waals surface area contributed by atoms with Gasteiger partial charge in [-0.05, 0) is 12.0 Å². The van der Waals surface area contributed by atoms with Gasteiger partial charge in [-0.15, -0.1) is 0 Å². The van der Waals surface area contributed by atoms with Crippen LogP contribution in [0.15, 0.2) is 42.7 Å². The Kier molecular flexibility index (Phi) is 4.18. The minimum Gasteiger partial charge on any atom is -0.368 e. The molecule has 2 rings (SSSR count). The first-order valence-electron chi connectivity index (χ1n) is 6.34. The Hall–Kier alpha value is -2.30. The number of hydrogen-bond donors (Lipinski definition) is 2.